The highest BCUT2D eigenvalue weighted by Crippen LogP contribution is 2.26. The molecular formula is C11H11NOS. The van der Waals surface area contributed by atoms with Crippen LogP contribution in [0.2, 0.25) is 0 Å². The average Bonchev–Trinajstić information content (AvgIpc) is 2.94. The normalized spacial score (nSPS) is 20.1. The minimum absolute atomic E-state index is 0.492. The second-order valence-electron chi connectivity index (χ2n) is 3.49. The predicted molar refractivity (Wildman–Crippen MR) is 58.8 cm³/mol. The molecule has 1 fully saturated rings. The lowest BCUT2D eigenvalue weighted by Crippen LogP contribution is -1.87. The van der Waals surface area contributed by atoms with Crippen LogP contribution in [-0.4, -0.2) is 23.4 Å². The van der Waals surface area contributed by atoms with E-state index in [1.807, 2.05) is 11.8 Å². The summed E-state index contributed by atoms with van der Waals surface area (Å²) in [5.41, 5.74) is 1.21. The maximum atomic E-state index is 5.17. The predicted octanol–water partition coefficient (Wildman–Crippen LogP) is 2.66. The molecular weight excluding hydrogens is 194 g/mol. The Morgan fingerprint density at radius 3 is 3.07 bits per heavy atom. The lowest BCUT2D eigenvalue weighted by atomic mass is 10.3. The minimum Gasteiger partial charge on any atom is -0.372 e. The van der Waals surface area contributed by atoms with Gasteiger partial charge in [0.25, 0.3) is 0 Å². The van der Waals surface area contributed by atoms with Crippen LogP contribution in [0.1, 0.15) is 0 Å². The molecule has 1 atom stereocenters. The van der Waals surface area contributed by atoms with Gasteiger partial charge in [0.2, 0.25) is 0 Å². The van der Waals surface area contributed by atoms with Crippen LogP contribution in [0.3, 0.4) is 0 Å². The maximum Gasteiger partial charge on any atom is 0.0904 e. The lowest BCUT2D eigenvalue weighted by Gasteiger charge is -1.92. The molecule has 1 aromatic heterocycles. The number of fused-ring (bicyclic) bond motifs is 1. The van der Waals surface area contributed by atoms with Crippen molar-refractivity contribution in [2.75, 3.05) is 12.4 Å². The van der Waals surface area contributed by atoms with E-state index in [-0.39, 0.29) is 0 Å². The Morgan fingerprint density at radius 2 is 2.29 bits per heavy atom. The number of rotatable bonds is 3. The van der Waals surface area contributed by atoms with Crippen molar-refractivity contribution in [2.24, 2.45) is 0 Å². The summed E-state index contributed by atoms with van der Waals surface area (Å²) in [7, 11) is 0. The van der Waals surface area contributed by atoms with Gasteiger partial charge in [-0.05, 0) is 12.1 Å². The Hall–Kier alpha value is -0.930. The molecule has 2 nitrogen and oxygen atoms in total. The number of hydrogen-bond donors (Lipinski definition) is 1. The van der Waals surface area contributed by atoms with Gasteiger partial charge in [-0.25, -0.2) is 0 Å². The Balaban J connectivity index is 1.82. The van der Waals surface area contributed by atoms with E-state index in [0.29, 0.717) is 6.10 Å². The van der Waals surface area contributed by atoms with Gasteiger partial charge in [-0.3, -0.25) is 0 Å². The average molecular weight is 205 g/mol. The Kier molecular flexibility index (Phi) is 2.00. The second-order valence-corrected chi connectivity index (χ2v) is 4.55. The highest BCUT2D eigenvalue weighted by molar-refractivity contribution is 7.99. The first kappa shape index (κ1) is 8.38. The van der Waals surface area contributed by atoms with Gasteiger partial charge in [0.1, 0.15) is 0 Å². The number of thioether (sulfide) groups is 1. The molecule has 0 radical (unpaired) electrons. The molecule has 0 unspecified atom stereocenters. The number of para-hydroxylation sites is 1. The van der Waals surface area contributed by atoms with Crippen LogP contribution in [0, 0.1) is 0 Å². The molecule has 1 aromatic carbocycles. The van der Waals surface area contributed by atoms with E-state index in [1.165, 1.54) is 15.9 Å². The number of hydrogen-bond acceptors (Lipinski definition) is 2. The fraction of sp³-hybridized carbons (Fsp3) is 0.273. The summed E-state index contributed by atoms with van der Waals surface area (Å²) < 4.78 is 5.17. The molecule has 72 valence electrons. The van der Waals surface area contributed by atoms with E-state index in [2.05, 4.69) is 35.3 Å². The summed E-state index contributed by atoms with van der Waals surface area (Å²) in [6.07, 6.45) is 0.492. The fourth-order valence-corrected chi connectivity index (χ4v) is 2.42. The summed E-state index contributed by atoms with van der Waals surface area (Å²) in [6.45, 7) is 0.938. The van der Waals surface area contributed by atoms with Gasteiger partial charge in [0, 0.05) is 16.7 Å². The quantitative estimate of drug-likeness (QED) is 0.616. The van der Waals surface area contributed by atoms with E-state index in [9.17, 15) is 0 Å². The molecule has 3 heteroatoms. The Morgan fingerprint density at radius 1 is 1.43 bits per heavy atom. The first-order valence-corrected chi connectivity index (χ1v) is 5.72. The molecule has 1 aliphatic heterocycles. The molecule has 2 aromatic rings. The topological polar surface area (TPSA) is 28.3 Å². The molecule has 0 aliphatic carbocycles. The first-order chi connectivity index (χ1) is 6.92. The minimum atomic E-state index is 0.492. The van der Waals surface area contributed by atoms with Gasteiger partial charge in [-0.2, -0.15) is 0 Å². The number of ether oxygens (including phenoxy) is 1. The van der Waals surface area contributed by atoms with Crippen molar-refractivity contribution in [3.63, 3.8) is 0 Å². The maximum absolute atomic E-state index is 5.17. The summed E-state index contributed by atoms with van der Waals surface area (Å²) in [5, 5.41) is 2.52. The van der Waals surface area contributed by atoms with Crippen LogP contribution in [0.5, 0.6) is 0 Å². The molecule has 1 saturated heterocycles. The van der Waals surface area contributed by atoms with Crippen LogP contribution in [0.25, 0.3) is 10.9 Å². The smallest absolute Gasteiger partial charge is 0.0904 e. The monoisotopic (exact) mass is 205 g/mol. The van der Waals surface area contributed by atoms with Crippen LogP contribution in [0.15, 0.2) is 35.4 Å². The fourth-order valence-electron chi connectivity index (χ4n) is 1.47. The van der Waals surface area contributed by atoms with Crippen molar-refractivity contribution in [1.29, 1.82) is 0 Å². The number of benzene rings is 1. The zero-order valence-corrected chi connectivity index (χ0v) is 8.51. The number of H-pyrrole nitrogens is 1. The molecule has 3 rings (SSSR count). The summed E-state index contributed by atoms with van der Waals surface area (Å²) in [4.78, 5) is 3.39. The van der Waals surface area contributed by atoms with E-state index in [1.54, 1.807) is 0 Å². The lowest BCUT2D eigenvalue weighted by molar-refractivity contribution is 0.426. The molecule has 14 heavy (non-hydrogen) atoms. The molecule has 1 N–H and O–H groups in total. The first-order valence-electron chi connectivity index (χ1n) is 4.74. The number of epoxide rings is 1. The highest BCUT2D eigenvalue weighted by Gasteiger charge is 2.22. The van der Waals surface area contributed by atoms with Crippen molar-refractivity contribution in [1.82, 2.24) is 4.98 Å². The Bertz CT molecular complexity index is 414. The zero-order chi connectivity index (χ0) is 9.38. The molecule has 2 heterocycles. The van der Waals surface area contributed by atoms with Gasteiger partial charge in [0.15, 0.2) is 0 Å². The van der Waals surface area contributed by atoms with Crippen molar-refractivity contribution in [3.8, 4) is 0 Å². The molecule has 0 bridgehead atoms. The van der Waals surface area contributed by atoms with Crippen molar-refractivity contribution >= 4 is 22.7 Å². The second kappa shape index (κ2) is 3.33. The van der Waals surface area contributed by atoms with Crippen LogP contribution in [0.4, 0.5) is 0 Å². The van der Waals surface area contributed by atoms with E-state index >= 15 is 0 Å². The van der Waals surface area contributed by atoms with Crippen LogP contribution in [-0.2, 0) is 4.74 Å². The van der Waals surface area contributed by atoms with Crippen molar-refractivity contribution in [3.05, 3.63) is 30.3 Å². The summed E-state index contributed by atoms with van der Waals surface area (Å²) in [6, 6.07) is 10.5. The highest BCUT2D eigenvalue weighted by atomic mass is 32.2. The van der Waals surface area contributed by atoms with E-state index in [4.69, 9.17) is 4.74 Å². The number of nitrogens with one attached hydrogen (secondary N) is 1. The van der Waals surface area contributed by atoms with E-state index < -0.39 is 0 Å². The van der Waals surface area contributed by atoms with Crippen molar-refractivity contribution < 1.29 is 4.74 Å². The summed E-state index contributed by atoms with van der Waals surface area (Å²) in [5.74, 6) is 1.06. The van der Waals surface area contributed by atoms with Gasteiger partial charge in [-0.1, -0.05) is 18.2 Å². The van der Waals surface area contributed by atoms with Crippen molar-refractivity contribution in [2.45, 2.75) is 11.1 Å². The van der Waals surface area contributed by atoms with Gasteiger partial charge in [-0.15, -0.1) is 11.8 Å². The van der Waals surface area contributed by atoms with Gasteiger partial charge in [0.05, 0.1) is 17.7 Å². The third-order valence-corrected chi connectivity index (χ3v) is 3.40. The largest absolute Gasteiger partial charge is 0.372 e. The number of aromatic amines is 1. The SMILES string of the molecule is c1ccc2[nH]c(SC[C@H]3CO3)cc2c1. The molecule has 0 saturated carbocycles. The third kappa shape index (κ3) is 1.65. The van der Waals surface area contributed by atoms with Crippen LogP contribution < -0.4 is 0 Å². The van der Waals surface area contributed by atoms with Gasteiger partial charge >= 0.3 is 0 Å². The molecule has 0 spiro atoms. The van der Waals surface area contributed by atoms with E-state index in [0.717, 1.165) is 12.4 Å². The Labute approximate surface area is 86.6 Å². The summed E-state index contributed by atoms with van der Waals surface area (Å²) >= 11 is 1.84. The van der Waals surface area contributed by atoms with Crippen LogP contribution >= 0.6 is 11.8 Å². The molecule has 1 aliphatic rings. The molecule has 0 amide bonds. The third-order valence-electron chi connectivity index (χ3n) is 2.33. The van der Waals surface area contributed by atoms with Gasteiger partial charge < -0.3 is 9.72 Å². The standard InChI is InChI=1S/C11H11NOS/c1-2-4-10-8(3-1)5-11(12-10)14-7-9-6-13-9/h1-5,9,12H,6-7H2/t9-/m1/s1. The zero-order valence-electron chi connectivity index (χ0n) is 7.69. The number of aromatic nitrogens is 1.